The average molecular weight is 309 g/mol. The number of thioether (sulfide) groups is 1. The lowest BCUT2D eigenvalue weighted by atomic mass is 9.92. The molecule has 110 valence electrons. The van der Waals surface area contributed by atoms with E-state index in [0.717, 1.165) is 5.75 Å². The normalized spacial score (nSPS) is 20.5. The zero-order chi connectivity index (χ0) is 14.5. The van der Waals surface area contributed by atoms with Gasteiger partial charge in [-0.1, -0.05) is 6.92 Å². The van der Waals surface area contributed by atoms with Gasteiger partial charge in [0.05, 0.1) is 24.4 Å². The Labute approximate surface area is 117 Å². The fourth-order valence-corrected chi connectivity index (χ4v) is 3.94. The highest BCUT2D eigenvalue weighted by atomic mass is 32.2. The number of methoxy groups -OCH3 is 1. The topological polar surface area (TPSA) is 89.5 Å². The third-order valence-corrected chi connectivity index (χ3v) is 5.60. The first kappa shape index (κ1) is 16.3. The highest BCUT2D eigenvalue weighted by Crippen LogP contribution is 2.25. The van der Waals surface area contributed by atoms with E-state index in [1.807, 2.05) is 6.92 Å². The molecule has 0 aromatic heterocycles. The van der Waals surface area contributed by atoms with Crippen LogP contribution in [0.3, 0.4) is 0 Å². The Kier molecular flexibility index (Phi) is 5.66. The van der Waals surface area contributed by atoms with Crippen LogP contribution < -0.4 is 5.32 Å². The second-order valence-electron chi connectivity index (χ2n) is 4.41. The molecule has 0 unspecified atom stereocenters. The molecule has 1 heterocycles. The van der Waals surface area contributed by atoms with Crippen molar-refractivity contribution in [1.82, 2.24) is 5.32 Å². The molecule has 0 aromatic carbocycles. The van der Waals surface area contributed by atoms with Crippen molar-refractivity contribution < 1.29 is 22.7 Å². The molecular formula is C11H19NO5S2. The average Bonchev–Trinajstić information content (AvgIpc) is 2.38. The van der Waals surface area contributed by atoms with Crippen molar-refractivity contribution in [2.75, 3.05) is 30.1 Å². The Hall–Kier alpha value is -0.760. The van der Waals surface area contributed by atoms with Crippen molar-refractivity contribution in [1.29, 1.82) is 0 Å². The summed E-state index contributed by atoms with van der Waals surface area (Å²) in [5.74, 6) is -0.00414. The second-order valence-corrected chi connectivity index (χ2v) is 7.99. The standard InChI is InChI=1S/C11H19NO5S2/c1-3-18-8-9(13)12-11(10(14)17-2)4-6-19(15,16)7-5-11/h3-8H2,1-2H3,(H,12,13). The maximum absolute atomic E-state index is 11.9. The molecule has 1 aliphatic rings. The highest BCUT2D eigenvalue weighted by molar-refractivity contribution is 7.99. The smallest absolute Gasteiger partial charge is 0.331 e. The number of sulfone groups is 1. The third kappa shape index (κ3) is 4.38. The summed E-state index contributed by atoms with van der Waals surface area (Å²) >= 11 is 1.44. The Morgan fingerprint density at radius 1 is 1.32 bits per heavy atom. The van der Waals surface area contributed by atoms with E-state index in [4.69, 9.17) is 4.74 Å². The van der Waals surface area contributed by atoms with Gasteiger partial charge in [-0.25, -0.2) is 13.2 Å². The van der Waals surface area contributed by atoms with Crippen LogP contribution >= 0.6 is 11.8 Å². The molecule has 19 heavy (non-hydrogen) atoms. The molecule has 8 heteroatoms. The van der Waals surface area contributed by atoms with Gasteiger partial charge in [0.25, 0.3) is 0 Å². The Bertz CT molecular complexity index is 432. The first-order chi connectivity index (χ1) is 8.85. The van der Waals surface area contributed by atoms with E-state index in [1.165, 1.54) is 18.9 Å². The number of nitrogens with one attached hydrogen (secondary N) is 1. The zero-order valence-electron chi connectivity index (χ0n) is 11.1. The molecule has 1 N–H and O–H groups in total. The molecule has 0 radical (unpaired) electrons. The van der Waals surface area contributed by atoms with Gasteiger partial charge in [0.1, 0.15) is 5.54 Å². The molecule has 6 nitrogen and oxygen atoms in total. The fraction of sp³-hybridized carbons (Fsp3) is 0.818. The van der Waals surface area contributed by atoms with E-state index in [-0.39, 0.29) is 36.0 Å². The van der Waals surface area contributed by atoms with Gasteiger partial charge in [0.15, 0.2) is 9.84 Å². The van der Waals surface area contributed by atoms with Gasteiger partial charge in [-0.2, -0.15) is 11.8 Å². The monoisotopic (exact) mass is 309 g/mol. The number of esters is 1. The number of hydrogen-bond acceptors (Lipinski definition) is 6. The third-order valence-electron chi connectivity index (χ3n) is 3.07. The van der Waals surface area contributed by atoms with E-state index in [9.17, 15) is 18.0 Å². The number of amides is 1. The van der Waals surface area contributed by atoms with Crippen LogP contribution in [0.1, 0.15) is 19.8 Å². The van der Waals surface area contributed by atoms with Crippen molar-refractivity contribution >= 4 is 33.5 Å². The quantitative estimate of drug-likeness (QED) is 0.718. The lowest BCUT2D eigenvalue weighted by Gasteiger charge is -2.34. The summed E-state index contributed by atoms with van der Waals surface area (Å²) in [6.45, 7) is 1.93. The highest BCUT2D eigenvalue weighted by Gasteiger charge is 2.45. The number of carbonyl (C=O) groups is 2. The first-order valence-corrected chi connectivity index (χ1v) is 9.00. The molecule has 0 aliphatic carbocycles. The summed E-state index contributed by atoms with van der Waals surface area (Å²) < 4.78 is 27.6. The van der Waals surface area contributed by atoms with Crippen LogP contribution in [0, 0.1) is 0 Å². The van der Waals surface area contributed by atoms with E-state index in [1.54, 1.807) is 0 Å². The minimum Gasteiger partial charge on any atom is -0.467 e. The van der Waals surface area contributed by atoms with Gasteiger partial charge in [-0.05, 0) is 18.6 Å². The van der Waals surface area contributed by atoms with Crippen molar-refractivity contribution in [3.63, 3.8) is 0 Å². The van der Waals surface area contributed by atoms with Crippen LogP contribution in [0.5, 0.6) is 0 Å². The molecular weight excluding hydrogens is 290 g/mol. The Morgan fingerprint density at radius 3 is 2.37 bits per heavy atom. The maximum atomic E-state index is 11.9. The number of carbonyl (C=O) groups excluding carboxylic acids is 2. The van der Waals surface area contributed by atoms with Crippen molar-refractivity contribution in [3.8, 4) is 0 Å². The maximum Gasteiger partial charge on any atom is 0.331 e. The van der Waals surface area contributed by atoms with Crippen LogP contribution in [-0.4, -0.2) is 56.0 Å². The molecule has 0 saturated carbocycles. The van der Waals surface area contributed by atoms with Gasteiger partial charge in [0.2, 0.25) is 5.91 Å². The number of rotatable bonds is 5. The molecule has 0 bridgehead atoms. The lowest BCUT2D eigenvalue weighted by Crippen LogP contribution is -2.59. The summed E-state index contributed by atoms with van der Waals surface area (Å²) in [5.41, 5.74) is -1.19. The van der Waals surface area contributed by atoms with E-state index >= 15 is 0 Å². The minimum absolute atomic E-state index is 0.0739. The fourth-order valence-electron chi connectivity index (χ4n) is 1.96. The van der Waals surface area contributed by atoms with E-state index in [0.29, 0.717) is 0 Å². The van der Waals surface area contributed by atoms with Crippen LogP contribution in [-0.2, 0) is 24.2 Å². The predicted molar refractivity (Wildman–Crippen MR) is 73.8 cm³/mol. The van der Waals surface area contributed by atoms with Gasteiger partial charge < -0.3 is 10.1 Å². The zero-order valence-corrected chi connectivity index (χ0v) is 12.7. The van der Waals surface area contributed by atoms with Gasteiger partial charge >= 0.3 is 5.97 Å². The summed E-state index contributed by atoms with van der Waals surface area (Å²) in [6.07, 6.45) is 0.148. The van der Waals surface area contributed by atoms with Gasteiger partial charge in [-0.15, -0.1) is 0 Å². The van der Waals surface area contributed by atoms with Crippen LogP contribution in [0.25, 0.3) is 0 Å². The molecule has 0 atom stereocenters. The molecule has 0 aromatic rings. The van der Waals surface area contributed by atoms with Crippen molar-refractivity contribution in [2.24, 2.45) is 0 Å². The molecule has 1 saturated heterocycles. The van der Waals surface area contributed by atoms with Gasteiger partial charge in [0, 0.05) is 0 Å². The van der Waals surface area contributed by atoms with Crippen LogP contribution in [0.2, 0.25) is 0 Å². The minimum atomic E-state index is -3.11. The summed E-state index contributed by atoms with van der Waals surface area (Å²) in [6, 6.07) is 0. The van der Waals surface area contributed by atoms with Gasteiger partial charge in [-0.3, -0.25) is 4.79 Å². The molecule has 1 rings (SSSR count). The van der Waals surface area contributed by atoms with E-state index in [2.05, 4.69) is 5.32 Å². The first-order valence-electron chi connectivity index (χ1n) is 6.03. The Balaban J connectivity index is 2.78. The van der Waals surface area contributed by atoms with Crippen molar-refractivity contribution in [3.05, 3.63) is 0 Å². The predicted octanol–water partition coefficient (Wildman–Crippen LogP) is -0.0239. The number of hydrogen-bond donors (Lipinski definition) is 1. The summed E-state index contributed by atoms with van der Waals surface area (Å²) in [4.78, 5) is 23.6. The van der Waals surface area contributed by atoms with E-state index < -0.39 is 21.3 Å². The molecule has 1 aliphatic heterocycles. The molecule has 1 fully saturated rings. The number of ether oxygens (including phenoxy) is 1. The van der Waals surface area contributed by atoms with Crippen molar-refractivity contribution in [2.45, 2.75) is 25.3 Å². The second kappa shape index (κ2) is 6.60. The van der Waals surface area contributed by atoms with Crippen LogP contribution in [0.15, 0.2) is 0 Å². The molecule has 1 amide bonds. The SMILES string of the molecule is CCSCC(=O)NC1(C(=O)OC)CCS(=O)(=O)CC1. The lowest BCUT2D eigenvalue weighted by molar-refractivity contribution is -0.151. The summed E-state index contributed by atoms with van der Waals surface area (Å²) in [7, 11) is -1.88. The summed E-state index contributed by atoms with van der Waals surface area (Å²) in [5, 5.41) is 2.66. The molecule has 0 spiro atoms. The Morgan fingerprint density at radius 2 is 1.89 bits per heavy atom. The van der Waals surface area contributed by atoms with Crippen LogP contribution in [0.4, 0.5) is 0 Å². The largest absolute Gasteiger partial charge is 0.467 e.